The second kappa shape index (κ2) is 9.28. The van der Waals surface area contributed by atoms with Crippen molar-refractivity contribution in [2.24, 2.45) is 0 Å². The lowest BCUT2D eigenvalue weighted by Crippen LogP contribution is -2.26. The van der Waals surface area contributed by atoms with Crippen LogP contribution in [0.25, 0.3) is 10.6 Å². The predicted molar refractivity (Wildman–Crippen MR) is 119 cm³/mol. The standard InChI is InChI=1S/C23H21N5OS/c1-16(17-6-3-2-4-7-17)26-22(29)19-8-5-9-20(14-19)25-15-21-27-28-23(30-21)18-10-12-24-13-11-18/h2-14,16,25H,15H2,1H3,(H,26,29)/t16-/m1/s1. The van der Waals surface area contributed by atoms with Crippen molar-refractivity contribution in [3.8, 4) is 10.6 Å². The number of nitrogens with zero attached hydrogens (tertiary/aromatic N) is 3. The van der Waals surface area contributed by atoms with E-state index < -0.39 is 0 Å². The van der Waals surface area contributed by atoms with E-state index in [1.54, 1.807) is 12.4 Å². The molecule has 0 radical (unpaired) electrons. The van der Waals surface area contributed by atoms with Crippen molar-refractivity contribution >= 4 is 22.9 Å². The predicted octanol–water partition coefficient (Wildman–Crippen LogP) is 4.70. The van der Waals surface area contributed by atoms with Crippen LogP contribution in [0.4, 0.5) is 5.69 Å². The number of rotatable bonds is 7. The zero-order chi connectivity index (χ0) is 20.8. The average Bonchev–Trinajstić information content (AvgIpc) is 3.28. The molecule has 0 unspecified atom stereocenters. The van der Waals surface area contributed by atoms with Crippen LogP contribution in [0.1, 0.15) is 33.9 Å². The molecule has 1 amide bonds. The molecule has 1 atom stereocenters. The van der Waals surface area contributed by atoms with Crippen LogP contribution < -0.4 is 10.6 Å². The van der Waals surface area contributed by atoms with Gasteiger partial charge < -0.3 is 10.6 Å². The van der Waals surface area contributed by atoms with Gasteiger partial charge in [0, 0.05) is 29.2 Å². The maximum Gasteiger partial charge on any atom is 0.251 e. The highest BCUT2D eigenvalue weighted by Gasteiger charge is 2.12. The van der Waals surface area contributed by atoms with E-state index in [9.17, 15) is 4.79 Å². The van der Waals surface area contributed by atoms with E-state index in [2.05, 4.69) is 25.8 Å². The van der Waals surface area contributed by atoms with Crippen molar-refractivity contribution in [1.82, 2.24) is 20.5 Å². The van der Waals surface area contributed by atoms with E-state index in [1.807, 2.05) is 73.7 Å². The number of anilines is 1. The number of carbonyl (C=O) groups excluding carboxylic acids is 1. The fraction of sp³-hybridized carbons (Fsp3) is 0.130. The highest BCUT2D eigenvalue weighted by molar-refractivity contribution is 7.14. The Morgan fingerprint density at radius 3 is 2.60 bits per heavy atom. The summed E-state index contributed by atoms with van der Waals surface area (Å²) in [6, 6.07) is 21.1. The van der Waals surface area contributed by atoms with Gasteiger partial charge in [0.25, 0.3) is 5.91 Å². The van der Waals surface area contributed by atoms with Crippen molar-refractivity contribution in [3.63, 3.8) is 0 Å². The number of hydrogen-bond acceptors (Lipinski definition) is 6. The van der Waals surface area contributed by atoms with Gasteiger partial charge in [0.05, 0.1) is 12.6 Å². The van der Waals surface area contributed by atoms with Gasteiger partial charge in [-0.3, -0.25) is 9.78 Å². The normalized spacial score (nSPS) is 11.6. The van der Waals surface area contributed by atoms with Gasteiger partial charge >= 0.3 is 0 Å². The van der Waals surface area contributed by atoms with E-state index in [0.717, 1.165) is 26.8 Å². The number of aromatic nitrogens is 3. The molecule has 0 aliphatic rings. The highest BCUT2D eigenvalue weighted by atomic mass is 32.1. The third kappa shape index (κ3) is 4.87. The van der Waals surface area contributed by atoms with Crippen LogP contribution in [0.3, 0.4) is 0 Å². The molecule has 0 saturated heterocycles. The Morgan fingerprint density at radius 2 is 1.80 bits per heavy atom. The molecular weight excluding hydrogens is 394 g/mol. The molecule has 0 saturated carbocycles. The van der Waals surface area contributed by atoms with Gasteiger partial charge in [-0.1, -0.05) is 47.7 Å². The topological polar surface area (TPSA) is 79.8 Å². The summed E-state index contributed by atoms with van der Waals surface area (Å²) in [5.74, 6) is -0.106. The second-order valence-corrected chi connectivity index (χ2v) is 7.84. The van der Waals surface area contributed by atoms with Gasteiger partial charge in [0.2, 0.25) is 0 Å². The van der Waals surface area contributed by atoms with Crippen LogP contribution >= 0.6 is 11.3 Å². The molecule has 2 N–H and O–H groups in total. The van der Waals surface area contributed by atoms with E-state index in [4.69, 9.17) is 0 Å². The van der Waals surface area contributed by atoms with Crippen LogP contribution in [0, 0.1) is 0 Å². The minimum atomic E-state index is -0.106. The molecule has 0 bridgehead atoms. The van der Waals surface area contributed by atoms with Crippen LogP contribution in [-0.2, 0) is 6.54 Å². The maximum absolute atomic E-state index is 12.7. The highest BCUT2D eigenvalue weighted by Crippen LogP contribution is 2.23. The number of benzene rings is 2. The summed E-state index contributed by atoms with van der Waals surface area (Å²) in [5, 5.41) is 16.6. The maximum atomic E-state index is 12.7. The van der Waals surface area contributed by atoms with Gasteiger partial charge in [-0.05, 0) is 42.8 Å². The molecular formula is C23H21N5OS. The molecule has 4 rings (SSSR count). The third-order valence-corrected chi connectivity index (χ3v) is 5.58. The summed E-state index contributed by atoms with van der Waals surface area (Å²) >= 11 is 1.53. The van der Waals surface area contributed by atoms with Crippen LogP contribution in [-0.4, -0.2) is 21.1 Å². The van der Waals surface area contributed by atoms with E-state index in [-0.39, 0.29) is 11.9 Å². The Hall–Kier alpha value is -3.58. The van der Waals surface area contributed by atoms with Gasteiger partial charge in [0.15, 0.2) is 0 Å². The SMILES string of the molecule is C[C@@H](NC(=O)c1cccc(NCc2nnc(-c3ccncc3)s2)c1)c1ccccc1. The molecule has 2 heterocycles. The fourth-order valence-corrected chi connectivity index (χ4v) is 3.77. The fourth-order valence-electron chi connectivity index (χ4n) is 2.99. The number of hydrogen-bond donors (Lipinski definition) is 2. The second-order valence-electron chi connectivity index (χ2n) is 6.78. The lowest BCUT2D eigenvalue weighted by atomic mass is 10.1. The van der Waals surface area contributed by atoms with Crippen molar-refractivity contribution in [1.29, 1.82) is 0 Å². The Bertz CT molecular complexity index is 1110. The molecule has 4 aromatic rings. The first-order chi connectivity index (χ1) is 14.7. The molecule has 0 aliphatic carbocycles. The molecule has 7 heteroatoms. The van der Waals surface area contributed by atoms with Gasteiger partial charge in [0.1, 0.15) is 10.0 Å². The van der Waals surface area contributed by atoms with Crippen molar-refractivity contribution in [2.45, 2.75) is 19.5 Å². The number of pyridine rings is 1. The number of nitrogens with one attached hydrogen (secondary N) is 2. The zero-order valence-electron chi connectivity index (χ0n) is 16.4. The molecule has 30 heavy (non-hydrogen) atoms. The smallest absolute Gasteiger partial charge is 0.251 e. The number of carbonyl (C=O) groups is 1. The Kier molecular flexibility index (Phi) is 6.10. The van der Waals surface area contributed by atoms with E-state index in [1.165, 1.54) is 11.3 Å². The van der Waals surface area contributed by atoms with E-state index >= 15 is 0 Å². The summed E-state index contributed by atoms with van der Waals surface area (Å²) in [6.07, 6.45) is 3.48. The van der Waals surface area contributed by atoms with Crippen molar-refractivity contribution < 1.29 is 4.79 Å². The van der Waals surface area contributed by atoms with Gasteiger partial charge in [-0.2, -0.15) is 0 Å². The molecule has 2 aromatic carbocycles. The van der Waals surface area contributed by atoms with Crippen LogP contribution in [0.2, 0.25) is 0 Å². The van der Waals surface area contributed by atoms with E-state index in [0.29, 0.717) is 12.1 Å². The molecule has 0 aliphatic heterocycles. The molecule has 0 fully saturated rings. The Labute approximate surface area is 179 Å². The summed E-state index contributed by atoms with van der Waals surface area (Å²) in [5.41, 5.74) is 3.54. The first kappa shape index (κ1) is 19.7. The summed E-state index contributed by atoms with van der Waals surface area (Å²) < 4.78 is 0. The Morgan fingerprint density at radius 1 is 1.00 bits per heavy atom. The molecule has 2 aromatic heterocycles. The first-order valence-corrected chi connectivity index (χ1v) is 10.4. The van der Waals surface area contributed by atoms with Crippen LogP contribution in [0.5, 0.6) is 0 Å². The quantitative estimate of drug-likeness (QED) is 0.457. The van der Waals surface area contributed by atoms with Crippen molar-refractivity contribution in [3.05, 3.63) is 95.3 Å². The zero-order valence-corrected chi connectivity index (χ0v) is 17.3. The Balaban J connectivity index is 1.38. The molecule has 150 valence electrons. The first-order valence-electron chi connectivity index (χ1n) is 9.61. The molecule has 0 spiro atoms. The van der Waals surface area contributed by atoms with Gasteiger partial charge in [-0.15, -0.1) is 10.2 Å². The summed E-state index contributed by atoms with van der Waals surface area (Å²) in [4.78, 5) is 16.7. The van der Waals surface area contributed by atoms with Gasteiger partial charge in [-0.25, -0.2) is 0 Å². The molecule has 6 nitrogen and oxygen atoms in total. The monoisotopic (exact) mass is 415 g/mol. The summed E-state index contributed by atoms with van der Waals surface area (Å²) in [7, 11) is 0. The lowest BCUT2D eigenvalue weighted by Gasteiger charge is -2.15. The lowest BCUT2D eigenvalue weighted by molar-refractivity contribution is 0.0940. The third-order valence-electron chi connectivity index (χ3n) is 4.61. The minimum Gasteiger partial charge on any atom is -0.378 e. The minimum absolute atomic E-state index is 0.0664. The average molecular weight is 416 g/mol. The largest absolute Gasteiger partial charge is 0.378 e. The van der Waals surface area contributed by atoms with Crippen molar-refractivity contribution in [2.75, 3.05) is 5.32 Å². The summed E-state index contributed by atoms with van der Waals surface area (Å²) in [6.45, 7) is 2.51. The number of amides is 1. The van der Waals surface area contributed by atoms with Crippen LogP contribution in [0.15, 0.2) is 79.1 Å².